The van der Waals surface area contributed by atoms with Crippen LogP contribution in [0, 0.1) is 6.92 Å². The van der Waals surface area contributed by atoms with Crippen molar-refractivity contribution in [1.29, 1.82) is 0 Å². The molecule has 0 fully saturated rings. The average Bonchev–Trinajstić information content (AvgIpc) is 3.07. The number of amides is 1. The summed E-state index contributed by atoms with van der Waals surface area (Å²) in [6.07, 6.45) is 1.50. The predicted molar refractivity (Wildman–Crippen MR) is 88.3 cm³/mol. The largest absolute Gasteiger partial charge is 0.336 e. The van der Waals surface area contributed by atoms with Gasteiger partial charge < -0.3 is 4.90 Å². The molecule has 0 saturated carbocycles. The van der Waals surface area contributed by atoms with Crippen LogP contribution in [0.1, 0.15) is 21.6 Å². The average molecular weight is 306 g/mol. The Morgan fingerprint density at radius 3 is 2.52 bits per heavy atom. The Morgan fingerprint density at radius 2 is 1.78 bits per heavy atom. The fraction of sp³-hybridized carbons (Fsp3) is 0.167. The Kier molecular flexibility index (Phi) is 4.19. The number of aromatic nitrogens is 3. The van der Waals surface area contributed by atoms with Crippen LogP contribution in [0.2, 0.25) is 0 Å². The minimum Gasteiger partial charge on any atom is -0.336 e. The molecule has 3 rings (SSSR count). The summed E-state index contributed by atoms with van der Waals surface area (Å²) >= 11 is 0. The molecule has 2 aromatic carbocycles. The molecule has 0 spiro atoms. The van der Waals surface area contributed by atoms with Crippen molar-refractivity contribution in [3.63, 3.8) is 0 Å². The van der Waals surface area contributed by atoms with Crippen LogP contribution in [-0.4, -0.2) is 32.8 Å². The van der Waals surface area contributed by atoms with E-state index in [2.05, 4.69) is 10.2 Å². The number of hydrogen-bond acceptors (Lipinski definition) is 3. The second-order valence-corrected chi connectivity index (χ2v) is 5.44. The Morgan fingerprint density at radius 1 is 1.09 bits per heavy atom. The SMILES string of the molecule is Cc1ccccc1CN(C)C(=O)c1cnn(-c2ccccc2)n1. The van der Waals surface area contributed by atoms with Gasteiger partial charge in [0.05, 0.1) is 11.9 Å². The maximum absolute atomic E-state index is 12.5. The monoisotopic (exact) mass is 306 g/mol. The van der Waals surface area contributed by atoms with Gasteiger partial charge in [0.1, 0.15) is 0 Å². The van der Waals surface area contributed by atoms with Crippen LogP contribution in [0.4, 0.5) is 0 Å². The molecule has 116 valence electrons. The van der Waals surface area contributed by atoms with Crippen molar-refractivity contribution < 1.29 is 4.79 Å². The third-order valence-electron chi connectivity index (χ3n) is 3.71. The molecule has 0 bridgehead atoms. The molecule has 0 aliphatic carbocycles. The summed E-state index contributed by atoms with van der Waals surface area (Å²) in [5.41, 5.74) is 3.46. The Balaban J connectivity index is 1.76. The van der Waals surface area contributed by atoms with Crippen LogP contribution in [0.5, 0.6) is 0 Å². The number of rotatable bonds is 4. The molecule has 1 heterocycles. The van der Waals surface area contributed by atoms with Gasteiger partial charge in [-0.05, 0) is 30.2 Å². The molecule has 0 aliphatic rings. The van der Waals surface area contributed by atoms with Gasteiger partial charge in [-0.15, -0.1) is 5.10 Å². The molecule has 1 aromatic heterocycles. The number of nitrogens with zero attached hydrogens (tertiary/aromatic N) is 4. The molecule has 0 atom stereocenters. The van der Waals surface area contributed by atoms with Crippen LogP contribution < -0.4 is 0 Å². The third kappa shape index (κ3) is 3.29. The van der Waals surface area contributed by atoms with E-state index in [1.165, 1.54) is 16.6 Å². The van der Waals surface area contributed by atoms with Crippen molar-refractivity contribution in [1.82, 2.24) is 19.9 Å². The molecule has 3 aromatic rings. The van der Waals surface area contributed by atoms with Crippen molar-refractivity contribution in [2.24, 2.45) is 0 Å². The van der Waals surface area contributed by atoms with Crippen LogP contribution in [0.3, 0.4) is 0 Å². The highest BCUT2D eigenvalue weighted by molar-refractivity contribution is 5.91. The standard InChI is InChI=1S/C18H18N4O/c1-14-8-6-7-9-15(14)13-21(2)18(23)17-12-19-22(20-17)16-10-4-3-5-11-16/h3-12H,13H2,1-2H3. The third-order valence-corrected chi connectivity index (χ3v) is 3.71. The quantitative estimate of drug-likeness (QED) is 0.745. The number of aryl methyl sites for hydroxylation is 1. The van der Waals surface area contributed by atoms with Crippen LogP contribution in [0.25, 0.3) is 5.69 Å². The summed E-state index contributed by atoms with van der Waals surface area (Å²) in [4.78, 5) is 15.6. The minimum atomic E-state index is -0.143. The highest BCUT2D eigenvalue weighted by atomic mass is 16.2. The van der Waals surface area contributed by atoms with Crippen molar-refractivity contribution in [2.45, 2.75) is 13.5 Å². The summed E-state index contributed by atoms with van der Waals surface area (Å²) in [6.45, 7) is 2.59. The van der Waals surface area contributed by atoms with Gasteiger partial charge in [0, 0.05) is 13.6 Å². The first kappa shape index (κ1) is 15.0. The van der Waals surface area contributed by atoms with E-state index < -0.39 is 0 Å². The fourth-order valence-corrected chi connectivity index (χ4v) is 2.36. The first-order valence-electron chi connectivity index (χ1n) is 7.43. The molecular weight excluding hydrogens is 288 g/mol. The van der Waals surface area contributed by atoms with Gasteiger partial charge in [-0.1, -0.05) is 42.5 Å². The molecule has 0 radical (unpaired) electrons. The fourth-order valence-electron chi connectivity index (χ4n) is 2.36. The lowest BCUT2D eigenvalue weighted by Crippen LogP contribution is -2.27. The maximum Gasteiger partial charge on any atom is 0.276 e. The van der Waals surface area contributed by atoms with E-state index in [4.69, 9.17) is 0 Å². The molecule has 0 aliphatic heterocycles. The molecular formula is C18H18N4O. The van der Waals surface area contributed by atoms with Gasteiger partial charge in [-0.2, -0.15) is 9.90 Å². The van der Waals surface area contributed by atoms with Gasteiger partial charge in [-0.25, -0.2) is 0 Å². The Bertz CT molecular complexity index is 811. The highest BCUT2D eigenvalue weighted by Crippen LogP contribution is 2.12. The zero-order valence-corrected chi connectivity index (χ0v) is 13.2. The number of carbonyl (C=O) groups is 1. The number of para-hydroxylation sites is 1. The molecule has 5 nitrogen and oxygen atoms in total. The zero-order chi connectivity index (χ0) is 16.2. The van der Waals surface area contributed by atoms with Crippen molar-refractivity contribution in [3.8, 4) is 5.69 Å². The highest BCUT2D eigenvalue weighted by Gasteiger charge is 2.16. The van der Waals surface area contributed by atoms with Crippen LogP contribution in [-0.2, 0) is 6.54 Å². The molecule has 23 heavy (non-hydrogen) atoms. The van der Waals surface area contributed by atoms with E-state index in [0.29, 0.717) is 12.2 Å². The van der Waals surface area contributed by atoms with E-state index in [9.17, 15) is 4.79 Å². The minimum absolute atomic E-state index is 0.143. The molecule has 0 saturated heterocycles. The van der Waals surface area contributed by atoms with Gasteiger partial charge in [0.15, 0.2) is 5.69 Å². The summed E-state index contributed by atoms with van der Waals surface area (Å²) in [7, 11) is 1.77. The van der Waals surface area contributed by atoms with Gasteiger partial charge in [-0.3, -0.25) is 4.79 Å². The Labute approximate surface area is 135 Å². The number of benzene rings is 2. The first-order chi connectivity index (χ1) is 11.1. The van der Waals surface area contributed by atoms with Crippen molar-refractivity contribution in [2.75, 3.05) is 7.05 Å². The lowest BCUT2D eigenvalue weighted by atomic mass is 10.1. The van der Waals surface area contributed by atoms with E-state index in [-0.39, 0.29) is 5.91 Å². The normalized spacial score (nSPS) is 10.5. The first-order valence-corrected chi connectivity index (χ1v) is 7.43. The second-order valence-electron chi connectivity index (χ2n) is 5.44. The number of carbonyl (C=O) groups excluding carboxylic acids is 1. The summed E-state index contributed by atoms with van der Waals surface area (Å²) in [6, 6.07) is 17.6. The van der Waals surface area contributed by atoms with E-state index in [1.807, 2.05) is 61.5 Å². The molecule has 5 heteroatoms. The lowest BCUT2D eigenvalue weighted by molar-refractivity contribution is 0.0778. The maximum atomic E-state index is 12.5. The van der Waals surface area contributed by atoms with Crippen LogP contribution in [0.15, 0.2) is 60.8 Å². The second kappa shape index (κ2) is 6.44. The molecule has 1 amide bonds. The van der Waals surface area contributed by atoms with Gasteiger partial charge >= 0.3 is 0 Å². The lowest BCUT2D eigenvalue weighted by Gasteiger charge is -2.17. The van der Waals surface area contributed by atoms with Gasteiger partial charge in [0.25, 0.3) is 5.91 Å². The molecule has 0 N–H and O–H groups in total. The summed E-state index contributed by atoms with van der Waals surface area (Å²) in [5.74, 6) is -0.143. The topological polar surface area (TPSA) is 51.0 Å². The molecule has 0 unspecified atom stereocenters. The van der Waals surface area contributed by atoms with Crippen molar-refractivity contribution >= 4 is 5.91 Å². The smallest absolute Gasteiger partial charge is 0.276 e. The number of hydrogen-bond donors (Lipinski definition) is 0. The van der Waals surface area contributed by atoms with E-state index in [0.717, 1.165) is 11.3 Å². The predicted octanol–water partition coefficient (Wildman–Crippen LogP) is 2.85. The summed E-state index contributed by atoms with van der Waals surface area (Å²) in [5, 5.41) is 8.45. The Hall–Kier alpha value is -2.95. The van der Waals surface area contributed by atoms with Crippen LogP contribution >= 0.6 is 0 Å². The summed E-state index contributed by atoms with van der Waals surface area (Å²) < 4.78 is 0. The van der Waals surface area contributed by atoms with Gasteiger partial charge in [0.2, 0.25) is 0 Å². The van der Waals surface area contributed by atoms with Crippen molar-refractivity contribution in [3.05, 3.63) is 77.6 Å². The van der Waals surface area contributed by atoms with E-state index >= 15 is 0 Å². The zero-order valence-electron chi connectivity index (χ0n) is 13.2. The van der Waals surface area contributed by atoms with E-state index in [1.54, 1.807) is 11.9 Å².